The van der Waals surface area contributed by atoms with Crippen molar-refractivity contribution in [3.8, 4) is 0 Å². The van der Waals surface area contributed by atoms with E-state index in [4.69, 9.17) is 5.73 Å². The third-order valence-electron chi connectivity index (χ3n) is 0.677. The monoisotopic (exact) mass is 263 g/mol. The van der Waals surface area contributed by atoms with Crippen LogP contribution < -0.4 is 5.73 Å². The standard InChI is InChI=1S/C6H8O2.C4H10.C3H7N.ClH/c1-3-5-8-6(7)4-2;1-4(2)3;1-2-3-4;/h3-4H,1-2,5H2;4H,1-3H3;2H,1,3-4H2;1H. The van der Waals surface area contributed by atoms with Gasteiger partial charge in [-0.2, -0.15) is 0 Å². The molecule has 2 N–H and O–H groups in total. The highest BCUT2D eigenvalue weighted by molar-refractivity contribution is 5.85. The van der Waals surface area contributed by atoms with E-state index in [-0.39, 0.29) is 19.0 Å². The van der Waals surface area contributed by atoms with Crippen LogP contribution in [0.2, 0.25) is 0 Å². The number of carbonyl (C=O) groups excluding carboxylic acids is 1. The average Bonchev–Trinajstić information content (AvgIpc) is 2.25. The molecule has 0 aliphatic carbocycles. The van der Waals surface area contributed by atoms with Gasteiger partial charge in [0.1, 0.15) is 6.61 Å². The van der Waals surface area contributed by atoms with E-state index < -0.39 is 5.97 Å². The first-order valence-electron chi connectivity index (χ1n) is 5.17. The maximum atomic E-state index is 10.2. The zero-order chi connectivity index (χ0) is 13.4. The molecule has 0 unspecified atom stereocenters. The summed E-state index contributed by atoms with van der Waals surface area (Å²) in [6, 6.07) is 0. The lowest BCUT2D eigenvalue weighted by molar-refractivity contribution is -0.136. The highest BCUT2D eigenvalue weighted by Crippen LogP contribution is 1.81. The van der Waals surface area contributed by atoms with Gasteiger partial charge in [-0.05, 0) is 5.92 Å². The van der Waals surface area contributed by atoms with Gasteiger partial charge in [0.25, 0.3) is 0 Å². The van der Waals surface area contributed by atoms with Gasteiger partial charge in [0, 0.05) is 12.6 Å². The van der Waals surface area contributed by atoms with Crippen LogP contribution in [0.1, 0.15) is 20.8 Å². The van der Waals surface area contributed by atoms with Crippen LogP contribution in [0.15, 0.2) is 38.0 Å². The Hall–Kier alpha value is -1.06. The van der Waals surface area contributed by atoms with Crippen LogP contribution in [0.4, 0.5) is 0 Å². The molecule has 0 aromatic rings. The summed E-state index contributed by atoms with van der Waals surface area (Å²) in [6.45, 7) is 17.3. The summed E-state index contributed by atoms with van der Waals surface area (Å²) in [7, 11) is 0. The van der Waals surface area contributed by atoms with Crippen molar-refractivity contribution >= 4 is 18.4 Å². The number of hydrogen-bond donors (Lipinski definition) is 1. The molecule has 0 bridgehead atoms. The Morgan fingerprint density at radius 3 is 1.76 bits per heavy atom. The number of hydrogen-bond acceptors (Lipinski definition) is 3. The minimum absolute atomic E-state index is 0. The summed E-state index contributed by atoms with van der Waals surface area (Å²) in [6.07, 6.45) is 4.27. The molecule has 4 heteroatoms. The van der Waals surface area contributed by atoms with Gasteiger partial charge < -0.3 is 10.5 Å². The number of nitrogens with two attached hydrogens (primary N) is 1. The topological polar surface area (TPSA) is 52.3 Å². The third-order valence-corrected chi connectivity index (χ3v) is 0.677. The lowest BCUT2D eigenvalue weighted by Crippen LogP contribution is -1.98. The number of esters is 1. The van der Waals surface area contributed by atoms with E-state index in [2.05, 4.69) is 45.2 Å². The molecule has 0 saturated carbocycles. The molecule has 0 aliphatic heterocycles. The van der Waals surface area contributed by atoms with E-state index in [0.29, 0.717) is 6.54 Å². The summed E-state index contributed by atoms with van der Waals surface area (Å²) in [4.78, 5) is 10.2. The van der Waals surface area contributed by atoms with Crippen LogP contribution in [0.5, 0.6) is 0 Å². The second kappa shape index (κ2) is 24.3. The molecule has 0 aliphatic rings. The number of carbonyl (C=O) groups is 1. The largest absolute Gasteiger partial charge is 0.458 e. The highest BCUT2D eigenvalue weighted by atomic mass is 35.5. The minimum atomic E-state index is -0.412. The molecule has 0 fully saturated rings. The smallest absolute Gasteiger partial charge is 0.330 e. The predicted molar refractivity (Wildman–Crippen MR) is 78.4 cm³/mol. The molecule has 0 aromatic carbocycles. The van der Waals surface area contributed by atoms with Crippen molar-refractivity contribution in [1.29, 1.82) is 0 Å². The van der Waals surface area contributed by atoms with Crippen molar-refractivity contribution in [3.63, 3.8) is 0 Å². The SMILES string of the molecule is C=CCN.C=CCOC(=O)C=C.CC(C)C.Cl. The van der Waals surface area contributed by atoms with Gasteiger partial charge in [0.15, 0.2) is 0 Å². The first-order valence-corrected chi connectivity index (χ1v) is 5.17. The van der Waals surface area contributed by atoms with Crippen molar-refractivity contribution in [2.24, 2.45) is 11.7 Å². The van der Waals surface area contributed by atoms with Crippen molar-refractivity contribution in [3.05, 3.63) is 38.0 Å². The Kier molecular flexibility index (Phi) is 35.6. The fourth-order valence-electron chi connectivity index (χ4n) is 0.200. The van der Waals surface area contributed by atoms with Gasteiger partial charge in [-0.25, -0.2) is 4.79 Å². The molecule has 0 saturated heterocycles. The normalized spacial score (nSPS) is 7.12. The van der Waals surface area contributed by atoms with Crippen LogP contribution >= 0.6 is 12.4 Å². The maximum Gasteiger partial charge on any atom is 0.330 e. The fourth-order valence-corrected chi connectivity index (χ4v) is 0.200. The number of rotatable bonds is 4. The lowest BCUT2D eigenvalue weighted by atomic mass is 10.3. The molecule has 0 spiro atoms. The van der Waals surface area contributed by atoms with Crippen LogP contribution in [0.3, 0.4) is 0 Å². The van der Waals surface area contributed by atoms with Crippen LogP contribution in [0, 0.1) is 5.92 Å². The summed E-state index contributed by atoms with van der Waals surface area (Å²) in [5.41, 5.74) is 4.91. The van der Waals surface area contributed by atoms with Gasteiger partial charge >= 0.3 is 5.97 Å². The molecule has 0 aromatic heterocycles. The van der Waals surface area contributed by atoms with Crippen molar-refractivity contribution < 1.29 is 9.53 Å². The van der Waals surface area contributed by atoms with Gasteiger partial charge in [-0.3, -0.25) is 0 Å². The molecular weight excluding hydrogens is 238 g/mol. The Balaban J connectivity index is -0.0000000806. The van der Waals surface area contributed by atoms with Gasteiger partial charge in [0.2, 0.25) is 0 Å². The van der Waals surface area contributed by atoms with Gasteiger partial charge in [-0.15, -0.1) is 19.0 Å². The number of halogens is 1. The van der Waals surface area contributed by atoms with E-state index in [1.165, 1.54) is 6.08 Å². The fraction of sp³-hybridized carbons (Fsp3) is 0.462. The summed E-state index contributed by atoms with van der Waals surface area (Å²) in [5, 5.41) is 0. The van der Waals surface area contributed by atoms with E-state index in [1.807, 2.05) is 0 Å². The van der Waals surface area contributed by atoms with Crippen molar-refractivity contribution in [2.45, 2.75) is 20.8 Å². The minimum Gasteiger partial charge on any atom is -0.458 e. The lowest BCUT2D eigenvalue weighted by Gasteiger charge is -1.92. The predicted octanol–water partition coefficient (Wildman–Crippen LogP) is 3.12. The second-order valence-corrected chi connectivity index (χ2v) is 3.38. The Morgan fingerprint density at radius 2 is 1.59 bits per heavy atom. The Morgan fingerprint density at radius 1 is 1.24 bits per heavy atom. The molecule has 0 rings (SSSR count). The molecule has 0 atom stereocenters. The van der Waals surface area contributed by atoms with Gasteiger partial charge in [-0.1, -0.05) is 46.1 Å². The molecule has 3 nitrogen and oxygen atoms in total. The van der Waals surface area contributed by atoms with Crippen molar-refractivity contribution in [1.82, 2.24) is 0 Å². The first-order chi connectivity index (χ1) is 7.45. The zero-order valence-corrected chi connectivity index (χ0v) is 12.0. The highest BCUT2D eigenvalue weighted by Gasteiger charge is 1.87. The molecule has 102 valence electrons. The molecular formula is C13H26ClNO2. The maximum absolute atomic E-state index is 10.2. The summed E-state index contributed by atoms with van der Waals surface area (Å²) in [5.74, 6) is 0.421. The van der Waals surface area contributed by atoms with E-state index in [1.54, 1.807) is 6.08 Å². The van der Waals surface area contributed by atoms with Crippen LogP contribution in [0.25, 0.3) is 0 Å². The van der Waals surface area contributed by atoms with Gasteiger partial charge in [0.05, 0.1) is 0 Å². The Bertz CT molecular complexity index is 189. The van der Waals surface area contributed by atoms with Crippen LogP contribution in [-0.2, 0) is 9.53 Å². The van der Waals surface area contributed by atoms with Crippen LogP contribution in [-0.4, -0.2) is 19.1 Å². The summed E-state index contributed by atoms with van der Waals surface area (Å²) >= 11 is 0. The molecule has 0 radical (unpaired) electrons. The Labute approximate surface area is 112 Å². The molecule has 17 heavy (non-hydrogen) atoms. The summed E-state index contributed by atoms with van der Waals surface area (Å²) < 4.78 is 4.47. The number of ether oxygens (including phenoxy) is 1. The quantitative estimate of drug-likeness (QED) is 0.482. The van der Waals surface area contributed by atoms with E-state index in [0.717, 1.165) is 12.0 Å². The second-order valence-electron chi connectivity index (χ2n) is 3.38. The van der Waals surface area contributed by atoms with E-state index >= 15 is 0 Å². The molecule has 0 heterocycles. The first kappa shape index (κ1) is 25.0. The van der Waals surface area contributed by atoms with Crippen molar-refractivity contribution in [2.75, 3.05) is 13.2 Å². The average molecular weight is 264 g/mol. The zero-order valence-electron chi connectivity index (χ0n) is 11.1. The van der Waals surface area contributed by atoms with E-state index in [9.17, 15) is 4.79 Å². The molecule has 0 amide bonds. The third kappa shape index (κ3) is 70.9.